The minimum atomic E-state index is -0.0189. The zero-order valence-electron chi connectivity index (χ0n) is 12.3. The lowest BCUT2D eigenvalue weighted by Crippen LogP contribution is -2.19. The van der Waals surface area contributed by atoms with Crippen LogP contribution >= 0.6 is 23.2 Å². The van der Waals surface area contributed by atoms with Gasteiger partial charge in [0.05, 0.1) is 27.8 Å². The number of rotatable bonds is 3. The molecule has 0 saturated carbocycles. The first-order valence-electron chi connectivity index (χ1n) is 6.99. The van der Waals surface area contributed by atoms with Crippen LogP contribution in [0.3, 0.4) is 0 Å². The van der Waals surface area contributed by atoms with Gasteiger partial charge in [0.15, 0.2) is 0 Å². The molecule has 0 unspecified atom stereocenters. The number of hydrazone groups is 1. The Balaban J connectivity index is 1.76. The molecular formula is C17H13Cl2N3O. The molecule has 116 valence electrons. The topological polar surface area (TPSA) is 45.0 Å². The zero-order valence-corrected chi connectivity index (χ0v) is 13.8. The second kappa shape index (κ2) is 6.52. The zero-order chi connectivity index (χ0) is 16.4. The highest BCUT2D eigenvalue weighted by Crippen LogP contribution is 2.24. The van der Waals surface area contributed by atoms with Crippen LogP contribution in [0, 0.1) is 0 Å². The smallest absolute Gasteiger partial charge is 0.253 e. The number of aliphatic imine (C=N–C) groups is 1. The Hall–Kier alpha value is -2.17. The van der Waals surface area contributed by atoms with Crippen molar-refractivity contribution < 1.29 is 4.79 Å². The van der Waals surface area contributed by atoms with Crippen molar-refractivity contribution in [2.75, 3.05) is 5.01 Å². The van der Waals surface area contributed by atoms with E-state index in [0.717, 1.165) is 22.6 Å². The molecule has 0 atom stereocenters. The molecule has 4 nitrogen and oxygen atoms in total. The SMILES string of the molecule is CC1=NN(c2ccc(N=Cc3ccc(Cl)c(Cl)c3)cc2)C(=O)C1. The Morgan fingerprint density at radius 2 is 1.87 bits per heavy atom. The Bertz CT molecular complexity index is 813. The van der Waals surface area contributed by atoms with E-state index in [2.05, 4.69) is 10.1 Å². The van der Waals surface area contributed by atoms with E-state index in [1.54, 1.807) is 18.3 Å². The molecule has 23 heavy (non-hydrogen) atoms. The molecule has 1 heterocycles. The molecule has 1 amide bonds. The summed E-state index contributed by atoms with van der Waals surface area (Å²) in [5, 5.41) is 6.64. The van der Waals surface area contributed by atoms with Gasteiger partial charge in [-0.15, -0.1) is 0 Å². The molecule has 3 rings (SSSR count). The van der Waals surface area contributed by atoms with Gasteiger partial charge in [-0.25, -0.2) is 5.01 Å². The molecule has 2 aromatic rings. The average Bonchev–Trinajstić information content (AvgIpc) is 2.87. The summed E-state index contributed by atoms with van der Waals surface area (Å²) in [6.45, 7) is 1.84. The fraction of sp³-hybridized carbons (Fsp3) is 0.118. The third-order valence-electron chi connectivity index (χ3n) is 3.31. The second-order valence-electron chi connectivity index (χ2n) is 5.17. The first kappa shape index (κ1) is 15.7. The quantitative estimate of drug-likeness (QED) is 0.732. The lowest BCUT2D eigenvalue weighted by molar-refractivity contribution is -0.116. The van der Waals surface area contributed by atoms with Gasteiger partial charge >= 0.3 is 0 Å². The van der Waals surface area contributed by atoms with E-state index in [0.29, 0.717) is 16.5 Å². The lowest BCUT2D eigenvalue weighted by atomic mass is 10.2. The summed E-state index contributed by atoms with van der Waals surface area (Å²) in [4.78, 5) is 16.2. The number of amides is 1. The van der Waals surface area contributed by atoms with Crippen LogP contribution in [0.5, 0.6) is 0 Å². The molecule has 2 aromatic carbocycles. The molecule has 0 radical (unpaired) electrons. The molecular weight excluding hydrogens is 333 g/mol. The second-order valence-corrected chi connectivity index (χ2v) is 5.98. The van der Waals surface area contributed by atoms with Crippen LogP contribution in [-0.2, 0) is 4.79 Å². The lowest BCUT2D eigenvalue weighted by Gasteiger charge is -2.11. The minimum Gasteiger partial charge on any atom is -0.272 e. The van der Waals surface area contributed by atoms with E-state index in [4.69, 9.17) is 23.2 Å². The predicted octanol–water partition coefficient (Wildman–Crippen LogP) is 4.86. The van der Waals surface area contributed by atoms with Gasteiger partial charge in [-0.2, -0.15) is 5.10 Å². The molecule has 6 heteroatoms. The fourth-order valence-corrected chi connectivity index (χ4v) is 2.49. The molecule has 0 spiro atoms. The molecule has 1 aliphatic heterocycles. The summed E-state index contributed by atoms with van der Waals surface area (Å²) >= 11 is 11.9. The van der Waals surface area contributed by atoms with Crippen molar-refractivity contribution in [3.8, 4) is 0 Å². The number of anilines is 1. The van der Waals surface area contributed by atoms with Gasteiger partial charge in [0.25, 0.3) is 5.91 Å². The van der Waals surface area contributed by atoms with E-state index in [1.807, 2.05) is 37.3 Å². The highest BCUT2D eigenvalue weighted by Gasteiger charge is 2.22. The Morgan fingerprint density at radius 3 is 2.48 bits per heavy atom. The van der Waals surface area contributed by atoms with Crippen molar-refractivity contribution in [2.45, 2.75) is 13.3 Å². The third kappa shape index (κ3) is 3.60. The number of nitrogens with zero attached hydrogens (tertiary/aromatic N) is 3. The highest BCUT2D eigenvalue weighted by atomic mass is 35.5. The molecule has 0 N–H and O–H groups in total. The first-order chi connectivity index (χ1) is 11.0. The van der Waals surface area contributed by atoms with Crippen molar-refractivity contribution in [1.29, 1.82) is 0 Å². The van der Waals surface area contributed by atoms with Crippen LogP contribution in [0.1, 0.15) is 18.9 Å². The first-order valence-corrected chi connectivity index (χ1v) is 7.75. The monoisotopic (exact) mass is 345 g/mol. The number of carbonyl (C=O) groups is 1. The number of hydrogen-bond acceptors (Lipinski definition) is 3. The van der Waals surface area contributed by atoms with Gasteiger partial charge < -0.3 is 0 Å². The van der Waals surface area contributed by atoms with Crippen LogP contribution in [0.2, 0.25) is 10.0 Å². The van der Waals surface area contributed by atoms with E-state index >= 15 is 0 Å². The maximum atomic E-state index is 11.8. The molecule has 0 saturated heterocycles. The maximum Gasteiger partial charge on any atom is 0.253 e. The number of hydrogen-bond donors (Lipinski definition) is 0. The van der Waals surface area contributed by atoms with Crippen molar-refractivity contribution >= 4 is 52.4 Å². The average molecular weight is 346 g/mol. The normalized spacial score (nSPS) is 14.7. The van der Waals surface area contributed by atoms with Crippen LogP contribution < -0.4 is 5.01 Å². The van der Waals surface area contributed by atoms with Gasteiger partial charge in [-0.1, -0.05) is 29.3 Å². The molecule has 0 bridgehead atoms. The molecule has 1 aliphatic rings. The summed E-state index contributed by atoms with van der Waals surface area (Å²) in [5.41, 5.74) is 3.18. The van der Waals surface area contributed by atoms with Crippen LogP contribution in [0.15, 0.2) is 52.6 Å². The van der Waals surface area contributed by atoms with E-state index < -0.39 is 0 Å². The van der Waals surface area contributed by atoms with Crippen molar-refractivity contribution in [3.05, 3.63) is 58.1 Å². The van der Waals surface area contributed by atoms with Gasteiger partial charge in [0.1, 0.15) is 0 Å². The maximum absolute atomic E-state index is 11.8. The van der Waals surface area contributed by atoms with Crippen LogP contribution in [0.4, 0.5) is 11.4 Å². The summed E-state index contributed by atoms with van der Waals surface area (Å²) in [6.07, 6.45) is 2.08. The van der Waals surface area contributed by atoms with Gasteiger partial charge in [0, 0.05) is 11.9 Å². The Labute approximate surface area is 144 Å². The third-order valence-corrected chi connectivity index (χ3v) is 4.05. The van der Waals surface area contributed by atoms with Gasteiger partial charge in [0.2, 0.25) is 0 Å². The molecule has 0 fully saturated rings. The van der Waals surface area contributed by atoms with Gasteiger partial charge in [-0.05, 0) is 48.9 Å². The van der Waals surface area contributed by atoms with Crippen molar-refractivity contribution in [1.82, 2.24) is 0 Å². The van der Waals surface area contributed by atoms with Gasteiger partial charge in [-0.3, -0.25) is 9.79 Å². The highest BCUT2D eigenvalue weighted by molar-refractivity contribution is 6.42. The van der Waals surface area contributed by atoms with E-state index in [9.17, 15) is 4.79 Å². The summed E-state index contributed by atoms with van der Waals surface area (Å²) < 4.78 is 0. The summed E-state index contributed by atoms with van der Waals surface area (Å²) in [7, 11) is 0. The predicted molar refractivity (Wildman–Crippen MR) is 95.4 cm³/mol. The summed E-state index contributed by atoms with van der Waals surface area (Å²) in [6, 6.07) is 12.6. The Morgan fingerprint density at radius 1 is 1.13 bits per heavy atom. The van der Waals surface area contributed by atoms with Crippen LogP contribution in [0.25, 0.3) is 0 Å². The standard InChI is InChI=1S/C17H13Cl2N3O/c1-11-8-17(23)22(21-11)14-5-3-13(4-6-14)20-10-12-2-7-15(18)16(19)9-12/h2-7,9-10H,8H2,1H3. The largest absolute Gasteiger partial charge is 0.272 e. The van der Waals surface area contributed by atoms with Crippen molar-refractivity contribution in [3.63, 3.8) is 0 Å². The number of halogens is 2. The van der Waals surface area contributed by atoms with E-state index in [-0.39, 0.29) is 5.91 Å². The number of carbonyl (C=O) groups excluding carboxylic acids is 1. The molecule has 0 aromatic heterocycles. The van der Waals surface area contributed by atoms with E-state index in [1.165, 1.54) is 5.01 Å². The summed E-state index contributed by atoms with van der Waals surface area (Å²) in [5.74, 6) is -0.0189. The molecule has 0 aliphatic carbocycles. The van der Waals surface area contributed by atoms with Crippen molar-refractivity contribution in [2.24, 2.45) is 10.1 Å². The van der Waals surface area contributed by atoms with Crippen LogP contribution in [-0.4, -0.2) is 17.8 Å². The number of benzene rings is 2. The Kier molecular flexibility index (Phi) is 4.46. The fourth-order valence-electron chi connectivity index (χ4n) is 2.18. The minimum absolute atomic E-state index is 0.0189.